The van der Waals surface area contributed by atoms with Crippen LogP contribution in [0.25, 0.3) is 21.7 Å². The van der Waals surface area contributed by atoms with Gasteiger partial charge in [-0.2, -0.15) is 0 Å². The van der Waals surface area contributed by atoms with Gasteiger partial charge in [0.1, 0.15) is 7.05 Å². The number of aryl methyl sites for hydroxylation is 3. The molecule has 1 aromatic heterocycles. The van der Waals surface area contributed by atoms with Gasteiger partial charge in [0.15, 0.2) is 6.20 Å². The predicted molar refractivity (Wildman–Crippen MR) is 72.1 cm³/mol. The number of pyridine rings is 1. The lowest BCUT2D eigenvalue weighted by molar-refractivity contribution is -0.643. The zero-order valence-corrected chi connectivity index (χ0v) is 10.5. The smallest absolute Gasteiger partial charge is 0.200 e. The van der Waals surface area contributed by atoms with Gasteiger partial charge >= 0.3 is 0 Å². The summed E-state index contributed by atoms with van der Waals surface area (Å²) in [4.78, 5) is 0. The summed E-state index contributed by atoms with van der Waals surface area (Å²) in [6.45, 7) is 4.35. The van der Waals surface area contributed by atoms with Gasteiger partial charge in [-0.15, -0.1) is 0 Å². The maximum atomic E-state index is 2.28. The van der Waals surface area contributed by atoms with E-state index < -0.39 is 0 Å². The van der Waals surface area contributed by atoms with E-state index in [-0.39, 0.29) is 0 Å². The molecule has 0 aliphatic rings. The third-order valence-electron chi connectivity index (χ3n) is 3.38. The van der Waals surface area contributed by atoms with E-state index in [4.69, 9.17) is 0 Å². The first-order chi connectivity index (χ1) is 8.16. The molecule has 0 aliphatic carbocycles. The lowest BCUT2D eigenvalue weighted by Crippen LogP contribution is -2.29. The Bertz CT molecular complexity index is 726. The highest BCUT2D eigenvalue weighted by Crippen LogP contribution is 2.25. The summed E-state index contributed by atoms with van der Waals surface area (Å²) >= 11 is 0. The van der Waals surface area contributed by atoms with Crippen molar-refractivity contribution in [2.45, 2.75) is 13.8 Å². The molecular formula is C16H16N+. The fourth-order valence-electron chi connectivity index (χ4n) is 2.76. The summed E-state index contributed by atoms with van der Waals surface area (Å²) < 4.78 is 2.23. The van der Waals surface area contributed by atoms with E-state index in [0.29, 0.717) is 0 Å². The minimum Gasteiger partial charge on any atom is -0.200 e. The van der Waals surface area contributed by atoms with Crippen LogP contribution in [0.4, 0.5) is 0 Å². The van der Waals surface area contributed by atoms with E-state index in [1.54, 1.807) is 0 Å². The zero-order valence-electron chi connectivity index (χ0n) is 10.5. The highest BCUT2D eigenvalue weighted by Gasteiger charge is 2.12. The molecule has 0 N–H and O–H groups in total. The van der Waals surface area contributed by atoms with E-state index in [0.717, 1.165) is 0 Å². The van der Waals surface area contributed by atoms with Crippen molar-refractivity contribution in [2.24, 2.45) is 7.05 Å². The number of aromatic nitrogens is 1. The predicted octanol–water partition coefficient (Wildman–Crippen LogP) is 3.43. The second-order valence-corrected chi connectivity index (χ2v) is 4.81. The van der Waals surface area contributed by atoms with Gasteiger partial charge in [0.05, 0.1) is 5.39 Å². The third-order valence-corrected chi connectivity index (χ3v) is 3.38. The first kappa shape index (κ1) is 10.3. The quantitative estimate of drug-likeness (QED) is 0.405. The van der Waals surface area contributed by atoms with Gasteiger partial charge in [-0.3, -0.25) is 0 Å². The van der Waals surface area contributed by atoms with Crippen LogP contribution in [0.3, 0.4) is 0 Å². The maximum Gasteiger partial charge on any atom is 0.215 e. The molecule has 1 nitrogen and oxygen atoms in total. The molecule has 0 bridgehead atoms. The first-order valence-electron chi connectivity index (χ1n) is 5.95. The number of hydrogen-bond acceptors (Lipinski definition) is 0. The van der Waals surface area contributed by atoms with Gasteiger partial charge in [0.25, 0.3) is 0 Å². The molecule has 0 fully saturated rings. The Balaban J connectivity index is 2.64. The van der Waals surface area contributed by atoms with Crippen molar-refractivity contribution < 1.29 is 4.57 Å². The molecule has 1 heteroatoms. The number of fused-ring (bicyclic) bond motifs is 3. The van der Waals surface area contributed by atoms with Crippen molar-refractivity contribution in [1.82, 2.24) is 0 Å². The van der Waals surface area contributed by atoms with Crippen LogP contribution in [-0.2, 0) is 7.05 Å². The summed E-state index contributed by atoms with van der Waals surface area (Å²) in [6, 6.07) is 13.1. The summed E-state index contributed by atoms with van der Waals surface area (Å²) in [7, 11) is 2.12. The van der Waals surface area contributed by atoms with Gasteiger partial charge in [0.2, 0.25) is 5.52 Å². The molecular weight excluding hydrogens is 206 g/mol. The lowest BCUT2D eigenvalue weighted by Gasteiger charge is -2.06. The molecule has 17 heavy (non-hydrogen) atoms. The van der Waals surface area contributed by atoms with Crippen LogP contribution in [0, 0.1) is 13.8 Å². The van der Waals surface area contributed by atoms with Crippen molar-refractivity contribution in [3.63, 3.8) is 0 Å². The standard InChI is InChI=1S/C16H16N/c1-11-8-12(2)16-15(9-11)14-7-5-4-6-13(14)10-17(16)3/h4-10H,1-3H3/q+1. The molecule has 0 aliphatic heterocycles. The molecule has 0 saturated carbocycles. The molecule has 3 rings (SSSR count). The second-order valence-electron chi connectivity index (χ2n) is 4.81. The van der Waals surface area contributed by atoms with Crippen molar-refractivity contribution in [3.8, 4) is 0 Å². The molecule has 0 amide bonds. The highest BCUT2D eigenvalue weighted by atomic mass is 14.9. The van der Waals surface area contributed by atoms with Crippen LogP contribution < -0.4 is 4.57 Å². The number of nitrogens with zero attached hydrogens (tertiary/aromatic N) is 1. The minimum atomic E-state index is 1.30. The second kappa shape index (κ2) is 3.56. The van der Waals surface area contributed by atoms with Gasteiger partial charge in [-0.05, 0) is 37.6 Å². The first-order valence-corrected chi connectivity index (χ1v) is 5.95. The van der Waals surface area contributed by atoms with Crippen LogP contribution in [-0.4, -0.2) is 0 Å². The summed E-state index contributed by atoms with van der Waals surface area (Å²) in [5.41, 5.74) is 3.99. The molecule has 3 aromatic rings. The molecule has 0 unspecified atom stereocenters. The van der Waals surface area contributed by atoms with E-state index in [2.05, 4.69) is 68.1 Å². The van der Waals surface area contributed by atoms with E-state index in [1.807, 2.05) is 0 Å². The molecule has 0 atom stereocenters. The van der Waals surface area contributed by atoms with Crippen LogP contribution in [0.1, 0.15) is 11.1 Å². The summed E-state index contributed by atoms with van der Waals surface area (Å²) in [5, 5.41) is 3.99. The number of benzene rings is 2. The number of hydrogen-bond donors (Lipinski definition) is 0. The largest absolute Gasteiger partial charge is 0.215 e. The molecule has 0 radical (unpaired) electrons. The van der Waals surface area contributed by atoms with Crippen LogP contribution in [0.5, 0.6) is 0 Å². The highest BCUT2D eigenvalue weighted by molar-refractivity contribution is 6.04. The van der Waals surface area contributed by atoms with Gasteiger partial charge in [-0.1, -0.05) is 18.2 Å². The Kier molecular flexibility index (Phi) is 2.15. The van der Waals surface area contributed by atoms with Crippen molar-refractivity contribution in [3.05, 3.63) is 53.7 Å². The average Bonchev–Trinajstić information content (AvgIpc) is 2.28. The van der Waals surface area contributed by atoms with Crippen molar-refractivity contribution in [1.29, 1.82) is 0 Å². The van der Waals surface area contributed by atoms with Gasteiger partial charge in [0, 0.05) is 16.3 Å². The average molecular weight is 222 g/mol. The van der Waals surface area contributed by atoms with Gasteiger partial charge in [-0.25, -0.2) is 4.57 Å². The van der Waals surface area contributed by atoms with Crippen molar-refractivity contribution >= 4 is 21.7 Å². The topological polar surface area (TPSA) is 3.88 Å². The molecule has 2 aromatic carbocycles. The van der Waals surface area contributed by atoms with Crippen LogP contribution in [0.15, 0.2) is 42.6 Å². The van der Waals surface area contributed by atoms with Crippen molar-refractivity contribution in [2.75, 3.05) is 0 Å². The molecule has 1 heterocycles. The fourth-order valence-corrected chi connectivity index (χ4v) is 2.76. The Hall–Kier alpha value is -1.89. The monoisotopic (exact) mass is 222 g/mol. The fraction of sp³-hybridized carbons (Fsp3) is 0.188. The zero-order chi connectivity index (χ0) is 12.0. The third kappa shape index (κ3) is 1.50. The van der Waals surface area contributed by atoms with Gasteiger partial charge < -0.3 is 0 Å². The molecule has 0 spiro atoms. The Morgan fingerprint density at radius 1 is 0.941 bits per heavy atom. The summed E-state index contributed by atoms with van der Waals surface area (Å²) in [5.74, 6) is 0. The Labute approximate surface area is 101 Å². The maximum absolute atomic E-state index is 2.28. The van der Waals surface area contributed by atoms with E-state index in [1.165, 1.54) is 32.8 Å². The minimum absolute atomic E-state index is 1.30. The normalized spacial score (nSPS) is 11.2. The van der Waals surface area contributed by atoms with E-state index >= 15 is 0 Å². The SMILES string of the molecule is Cc1cc(C)c2c(c1)c1ccccc1c[n+]2C. The Morgan fingerprint density at radius 2 is 1.71 bits per heavy atom. The van der Waals surface area contributed by atoms with Crippen LogP contribution >= 0.6 is 0 Å². The summed E-state index contributed by atoms with van der Waals surface area (Å²) in [6.07, 6.45) is 2.21. The Morgan fingerprint density at radius 3 is 2.53 bits per heavy atom. The number of rotatable bonds is 0. The lowest BCUT2D eigenvalue weighted by atomic mass is 10.0. The van der Waals surface area contributed by atoms with Crippen LogP contribution in [0.2, 0.25) is 0 Å². The molecule has 0 saturated heterocycles. The van der Waals surface area contributed by atoms with E-state index in [9.17, 15) is 0 Å². The molecule has 84 valence electrons.